The molecule has 0 amide bonds. The quantitative estimate of drug-likeness (QED) is 0.201. The Bertz CT molecular complexity index is 1130. The monoisotopic (exact) mass is 640 g/mol. The summed E-state index contributed by atoms with van der Waals surface area (Å²) in [6.07, 6.45) is 19.9. The Morgan fingerprint density at radius 1 is 0.909 bits per heavy atom. The van der Waals surface area contributed by atoms with Gasteiger partial charge in [0, 0.05) is 6.42 Å². The fourth-order valence-electron chi connectivity index (χ4n) is 7.93. The minimum absolute atomic E-state index is 0.0233. The molecule has 4 saturated carbocycles. The van der Waals surface area contributed by atoms with Gasteiger partial charge in [-0.2, -0.15) is 0 Å². The number of fused-ring (bicyclic) bond motifs is 1. The maximum Gasteiger partial charge on any atom is 0.192 e. The summed E-state index contributed by atoms with van der Waals surface area (Å²) in [6, 6.07) is 0. The Balaban J connectivity index is 1.57. The van der Waals surface area contributed by atoms with Crippen molar-refractivity contribution in [3.63, 3.8) is 0 Å². The molecule has 0 aromatic rings. The first-order valence-corrected chi connectivity index (χ1v) is 23.8. The molecule has 1 N–H and O–H groups in total. The molecule has 0 spiro atoms. The van der Waals surface area contributed by atoms with Gasteiger partial charge in [-0.3, -0.25) is 0 Å². The van der Waals surface area contributed by atoms with Crippen LogP contribution >= 0.6 is 0 Å². The van der Waals surface area contributed by atoms with Crippen LogP contribution in [0.5, 0.6) is 0 Å². The molecule has 3 nitrogen and oxygen atoms in total. The van der Waals surface area contributed by atoms with E-state index in [1.165, 1.54) is 56.1 Å². The van der Waals surface area contributed by atoms with E-state index in [4.69, 9.17) is 8.85 Å². The van der Waals surface area contributed by atoms with Crippen molar-refractivity contribution in [2.45, 2.75) is 168 Å². The molecule has 5 heteroatoms. The zero-order chi connectivity index (χ0) is 32.9. The zero-order valence-electron chi connectivity index (χ0n) is 30.7. The molecule has 250 valence electrons. The normalized spacial score (nSPS) is 34.2. The molecule has 0 saturated heterocycles. The van der Waals surface area contributed by atoms with Crippen LogP contribution in [0.2, 0.25) is 36.3 Å². The van der Waals surface area contributed by atoms with Crippen molar-refractivity contribution in [1.29, 1.82) is 0 Å². The SMILES string of the molecule is C=C1/C(=C\C=C2/CCC[C@@]3(C)C2CC[C@@H]3[C@H](C)/C=C/C(O)C2CC2)C[C@@H](O[Si](C)(C)C(C)(C)C)C[C@@H]1O[Si](C)(C)C(C)(C)C. The second kappa shape index (κ2) is 13.1. The maximum absolute atomic E-state index is 10.5. The van der Waals surface area contributed by atoms with Crippen molar-refractivity contribution < 1.29 is 14.0 Å². The molecule has 0 aromatic carbocycles. The van der Waals surface area contributed by atoms with E-state index in [2.05, 4.69) is 112 Å². The Kier molecular flexibility index (Phi) is 10.7. The van der Waals surface area contributed by atoms with Crippen LogP contribution in [0.15, 0.2) is 47.6 Å². The van der Waals surface area contributed by atoms with Gasteiger partial charge in [0.2, 0.25) is 0 Å². The highest BCUT2D eigenvalue weighted by Crippen LogP contribution is 2.59. The van der Waals surface area contributed by atoms with Gasteiger partial charge in [-0.15, -0.1) is 0 Å². The summed E-state index contributed by atoms with van der Waals surface area (Å²) in [5.74, 6) is 2.35. The first kappa shape index (κ1) is 36.1. The smallest absolute Gasteiger partial charge is 0.192 e. The van der Waals surface area contributed by atoms with Crippen LogP contribution in [0.3, 0.4) is 0 Å². The van der Waals surface area contributed by atoms with Gasteiger partial charge in [-0.05, 0) is 128 Å². The molecule has 4 fully saturated rings. The molecule has 0 heterocycles. The van der Waals surface area contributed by atoms with E-state index < -0.39 is 16.6 Å². The third-order valence-electron chi connectivity index (χ3n) is 13.1. The summed E-state index contributed by atoms with van der Waals surface area (Å²) in [5, 5.41) is 10.8. The van der Waals surface area contributed by atoms with Crippen LogP contribution in [0, 0.1) is 29.1 Å². The highest BCUT2D eigenvalue weighted by Gasteiger charge is 2.50. The van der Waals surface area contributed by atoms with Gasteiger partial charge in [0.05, 0.1) is 18.3 Å². The van der Waals surface area contributed by atoms with Gasteiger partial charge in [0.1, 0.15) is 0 Å². The first-order valence-electron chi connectivity index (χ1n) is 18.0. The van der Waals surface area contributed by atoms with Crippen molar-refractivity contribution in [3.8, 4) is 0 Å². The summed E-state index contributed by atoms with van der Waals surface area (Å²) in [7, 11) is -3.90. The first-order chi connectivity index (χ1) is 20.2. The van der Waals surface area contributed by atoms with E-state index in [0.717, 1.165) is 12.8 Å². The summed E-state index contributed by atoms with van der Waals surface area (Å²) >= 11 is 0. The van der Waals surface area contributed by atoms with Crippen LogP contribution in [0.1, 0.15) is 113 Å². The lowest BCUT2D eigenvalue weighted by Gasteiger charge is -2.45. The number of hydrogen-bond acceptors (Lipinski definition) is 3. The number of allylic oxidation sites excluding steroid dienone is 4. The Hall–Kier alpha value is -0.726. The molecule has 7 atom stereocenters. The van der Waals surface area contributed by atoms with Crippen molar-refractivity contribution in [1.82, 2.24) is 0 Å². The highest BCUT2D eigenvalue weighted by molar-refractivity contribution is 6.74. The number of hydrogen-bond donors (Lipinski definition) is 1. The van der Waals surface area contributed by atoms with Crippen molar-refractivity contribution in [2.75, 3.05) is 0 Å². The molecule has 2 unspecified atom stereocenters. The van der Waals surface area contributed by atoms with Crippen molar-refractivity contribution in [3.05, 3.63) is 47.6 Å². The third kappa shape index (κ3) is 7.86. The van der Waals surface area contributed by atoms with Crippen LogP contribution < -0.4 is 0 Å². The minimum Gasteiger partial charge on any atom is -0.413 e. The predicted molar refractivity (Wildman–Crippen MR) is 194 cm³/mol. The van der Waals surface area contributed by atoms with Crippen LogP contribution in [-0.4, -0.2) is 40.1 Å². The van der Waals surface area contributed by atoms with Gasteiger partial charge in [-0.25, -0.2) is 0 Å². The lowest BCUT2D eigenvalue weighted by Crippen LogP contribution is -2.49. The van der Waals surface area contributed by atoms with Crippen molar-refractivity contribution >= 4 is 16.6 Å². The molecule has 4 aliphatic rings. The van der Waals surface area contributed by atoms with E-state index in [-0.39, 0.29) is 28.4 Å². The van der Waals surface area contributed by atoms with E-state index in [1.54, 1.807) is 5.57 Å². The lowest BCUT2D eigenvalue weighted by atomic mass is 9.61. The summed E-state index contributed by atoms with van der Waals surface area (Å²) < 4.78 is 14.2. The molecule has 0 bridgehead atoms. The molecule has 4 aliphatic carbocycles. The summed E-state index contributed by atoms with van der Waals surface area (Å²) in [6.45, 7) is 33.2. The molecular weight excluding hydrogens is 573 g/mol. The largest absolute Gasteiger partial charge is 0.413 e. The van der Waals surface area contributed by atoms with Crippen LogP contribution in [0.25, 0.3) is 0 Å². The lowest BCUT2D eigenvalue weighted by molar-refractivity contribution is 0.0969. The second-order valence-corrected chi connectivity index (χ2v) is 27.9. The Morgan fingerprint density at radius 3 is 2.11 bits per heavy atom. The summed E-state index contributed by atoms with van der Waals surface area (Å²) in [4.78, 5) is 0. The molecule has 0 aliphatic heterocycles. The molecule has 4 rings (SSSR count). The second-order valence-electron chi connectivity index (χ2n) is 18.4. The molecule has 44 heavy (non-hydrogen) atoms. The average molecular weight is 641 g/mol. The van der Waals surface area contributed by atoms with Crippen LogP contribution in [-0.2, 0) is 8.85 Å². The fraction of sp³-hybridized carbons (Fsp3) is 0.795. The maximum atomic E-state index is 10.5. The predicted octanol–water partition coefficient (Wildman–Crippen LogP) is 11.1. The standard InChI is InChI=1S/C39H68O3Si2/c1-27(16-23-35(40)30-18-19-30)33-21-22-34-29(15-14-24-39(33,34)9)17-20-31-25-32(41-43(10,11)37(3,4)5)26-36(28(31)2)42-44(12,13)38(6,7)8/h16-17,20,23,27,30,32-36,40H,2,14-15,18-19,21-22,24-26H2,1,3-13H3/b23-16+,29-17+,31-20-/t27-,32-,33-,34?,35?,36+,39-/m1/s1. The number of rotatable bonds is 9. The molecular formula is C39H68O3Si2. The van der Waals surface area contributed by atoms with Gasteiger partial charge < -0.3 is 14.0 Å². The van der Waals surface area contributed by atoms with Crippen LogP contribution in [0.4, 0.5) is 0 Å². The number of aliphatic hydroxyl groups excluding tert-OH is 1. The minimum atomic E-state index is -1.98. The molecule has 0 radical (unpaired) electrons. The van der Waals surface area contributed by atoms with Gasteiger partial charge in [0.15, 0.2) is 16.6 Å². The fourth-order valence-corrected chi connectivity index (χ4v) is 10.6. The van der Waals surface area contributed by atoms with Crippen molar-refractivity contribution in [2.24, 2.45) is 29.1 Å². The topological polar surface area (TPSA) is 38.7 Å². The molecule has 0 aromatic heterocycles. The van der Waals surface area contributed by atoms with E-state index in [0.29, 0.717) is 29.1 Å². The number of aliphatic hydroxyl groups is 1. The van der Waals surface area contributed by atoms with Gasteiger partial charge in [0.25, 0.3) is 0 Å². The zero-order valence-corrected chi connectivity index (χ0v) is 32.7. The average Bonchev–Trinajstić information content (AvgIpc) is 3.68. The third-order valence-corrected chi connectivity index (χ3v) is 22.1. The van der Waals surface area contributed by atoms with E-state index in [1.807, 2.05) is 0 Å². The Morgan fingerprint density at radius 2 is 1.52 bits per heavy atom. The van der Waals surface area contributed by atoms with Gasteiger partial charge in [-0.1, -0.05) is 91.8 Å². The summed E-state index contributed by atoms with van der Waals surface area (Å²) in [5.41, 5.74) is 4.49. The highest BCUT2D eigenvalue weighted by atomic mass is 28.4. The van der Waals surface area contributed by atoms with E-state index in [9.17, 15) is 5.11 Å². The Labute approximate surface area is 274 Å². The van der Waals surface area contributed by atoms with Gasteiger partial charge >= 0.3 is 0 Å². The van der Waals surface area contributed by atoms with E-state index >= 15 is 0 Å².